The number of aromatic nitrogens is 2. The van der Waals surface area contributed by atoms with Gasteiger partial charge in [0.25, 0.3) is 0 Å². The fourth-order valence-corrected chi connectivity index (χ4v) is 7.22. The second kappa shape index (κ2) is 11.5. The van der Waals surface area contributed by atoms with E-state index in [9.17, 15) is 4.79 Å². The molecule has 7 heteroatoms. The van der Waals surface area contributed by atoms with Gasteiger partial charge in [-0.2, -0.15) is 0 Å². The van der Waals surface area contributed by atoms with Gasteiger partial charge in [-0.3, -0.25) is 14.8 Å². The van der Waals surface area contributed by atoms with Crippen LogP contribution in [-0.4, -0.2) is 66.8 Å². The average Bonchev–Trinajstić information content (AvgIpc) is 3.29. The van der Waals surface area contributed by atoms with Crippen LogP contribution in [0.25, 0.3) is 11.3 Å². The first-order valence-corrected chi connectivity index (χ1v) is 15.6. The summed E-state index contributed by atoms with van der Waals surface area (Å²) < 4.78 is 11.9. The molecule has 42 heavy (non-hydrogen) atoms. The molecule has 2 aromatic carbocycles. The number of ether oxygens (including phenoxy) is 2. The molecule has 1 saturated carbocycles. The van der Waals surface area contributed by atoms with Crippen LogP contribution in [0.4, 0.5) is 0 Å². The highest BCUT2D eigenvalue weighted by Gasteiger charge is 2.50. The molecule has 1 aliphatic carbocycles. The number of H-pyrrole nitrogens is 1. The van der Waals surface area contributed by atoms with E-state index in [1.807, 2.05) is 26.0 Å². The highest BCUT2D eigenvalue weighted by Crippen LogP contribution is 2.54. The average molecular weight is 571 g/mol. The standard InChI is InChI=1S/C35H46N4O3/c1-23-17-24(2)19-27(18-23)30-29(35(12-13-35)21-36-14-9-25-7-6-8-28(20-25)41-5)33(38-37-30)42-22-34(3,4)32(40)31-26-10-15-39(31)16-11-26/h6-8,17-20,26,31,36H,9-16,21-22H2,1-5H3,(H,37,38). The van der Waals surface area contributed by atoms with Crippen LogP contribution in [0, 0.1) is 25.2 Å². The molecule has 1 aromatic heterocycles. The van der Waals surface area contributed by atoms with E-state index >= 15 is 0 Å². The van der Waals surface area contributed by atoms with Gasteiger partial charge in [0.15, 0.2) is 5.78 Å². The molecule has 224 valence electrons. The van der Waals surface area contributed by atoms with Crippen LogP contribution in [0.2, 0.25) is 0 Å². The minimum Gasteiger partial charge on any atom is -0.497 e. The van der Waals surface area contributed by atoms with Gasteiger partial charge in [0.2, 0.25) is 5.88 Å². The summed E-state index contributed by atoms with van der Waals surface area (Å²) in [6.07, 6.45) is 5.37. The van der Waals surface area contributed by atoms with Gasteiger partial charge in [-0.25, -0.2) is 0 Å². The van der Waals surface area contributed by atoms with Crippen molar-refractivity contribution in [2.45, 2.75) is 71.3 Å². The normalized spacial score (nSPS) is 22.4. The predicted octanol–water partition coefficient (Wildman–Crippen LogP) is 5.63. The fourth-order valence-electron chi connectivity index (χ4n) is 7.22. The largest absolute Gasteiger partial charge is 0.497 e. The lowest BCUT2D eigenvalue weighted by atomic mass is 9.81. The third-order valence-corrected chi connectivity index (χ3v) is 9.73. The molecule has 3 aromatic rings. The maximum Gasteiger partial charge on any atom is 0.237 e. The zero-order chi connectivity index (χ0) is 29.5. The fraction of sp³-hybridized carbons (Fsp3) is 0.543. The summed E-state index contributed by atoms with van der Waals surface area (Å²) >= 11 is 0. The van der Waals surface area contributed by atoms with Gasteiger partial charge in [-0.1, -0.05) is 29.3 Å². The Morgan fingerprint density at radius 2 is 1.86 bits per heavy atom. The van der Waals surface area contributed by atoms with E-state index in [0.29, 0.717) is 24.2 Å². The van der Waals surface area contributed by atoms with Crippen molar-refractivity contribution in [3.05, 3.63) is 64.7 Å². The third-order valence-electron chi connectivity index (χ3n) is 9.73. The van der Waals surface area contributed by atoms with Crippen molar-refractivity contribution in [2.24, 2.45) is 11.3 Å². The number of aryl methyl sites for hydroxylation is 2. The van der Waals surface area contributed by atoms with E-state index in [1.165, 1.54) is 16.7 Å². The second-order valence-electron chi connectivity index (χ2n) is 13.6. The van der Waals surface area contributed by atoms with E-state index in [4.69, 9.17) is 14.6 Å². The highest BCUT2D eigenvalue weighted by molar-refractivity contribution is 5.90. The number of nitrogens with zero attached hydrogens (tertiary/aromatic N) is 2. The first-order valence-electron chi connectivity index (χ1n) is 15.6. The lowest BCUT2D eigenvalue weighted by molar-refractivity contribution is -0.133. The molecule has 2 aliphatic heterocycles. The van der Waals surface area contributed by atoms with Gasteiger partial charge in [0.05, 0.1) is 24.3 Å². The van der Waals surface area contributed by atoms with Gasteiger partial charge in [0, 0.05) is 23.1 Å². The molecule has 3 heterocycles. The van der Waals surface area contributed by atoms with Crippen LogP contribution >= 0.6 is 0 Å². The Morgan fingerprint density at radius 1 is 1.12 bits per heavy atom. The molecule has 6 rings (SSSR count). The molecule has 1 unspecified atom stereocenters. The van der Waals surface area contributed by atoms with Gasteiger partial charge >= 0.3 is 0 Å². The van der Waals surface area contributed by atoms with Crippen LogP contribution in [0.3, 0.4) is 0 Å². The molecule has 3 aliphatic rings. The smallest absolute Gasteiger partial charge is 0.237 e. The zero-order valence-corrected chi connectivity index (χ0v) is 25.9. The van der Waals surface area contributed by atoms with Gasteiger partial charge in [-0.05, 0) is 115 Å². The third kappa shape index (κ3) is 5.73. The van der Waals surface area contributed by atoms with Crippen LogP contribution in [0.5, 0.6) is 11.6 Å². The topological polar surface area (TPSA) is 79.5 Å². The Bertz CT molecular complexity index is 1400. The molecule has 0 spiro atoms. The van der Waals surface area contributed by atoms with Gasteiger partial charge in [-0.15, -0.1) is 5.10 Å². The second-order valence-corrected chi connectivity index (χ2v) is 13.6. The number of fused-ring (bicyclic) bond motifs is 2. The van der Waals surface area contributed by atoms with Crippen molar-refractivity contribution in [3.63, 3.8) is 0 Å². The monoisotopic (exact) mass is 570 g/mol. The Balaban J connectivity index is 1.21. The molecule has 2 N–H and O–H groups in total. The molecule has 2 bridgehead atoms. The van der Waals surface area contributed by atoms with E-state index in [0.717, 1.165) is 80.9 Å². The first kappa shape index (κ1) is 28.9. The van der Waals surface area contributed by atoms with Crippen molar-refractivity contribution in [1.82, 2.24) is 20.4 Å². The number of hydrogen-bond acceptors (Lipinski definition) is 6. The number of ketones is 1. The van der Waals surface area contributed by atoms with E-state index in [2.05, 4.69) is 59.5 Å². The molecule has 1 atom stereocenters. The minimum atomic E-state index is -0.585. The van der Waals surface area contributed by atoms with Gasteiger partial charge < -0.3 is 14.8 Å². The molecule has 2 saturated heterocycles. The number of carbonyl (C=O) groups excluding carboxylic acids is 1. The predicted molar refractivity (Wildman–Crippen MR) is 166 cm³/mol. The summed E-state index contributed by atoms with van der Waals surface area (Å²) in [5, 5.41) is 11.8. The number of piperidine rings is 1. The number of aromatic amines is 1. The van der Waals surface area contributed by atoms with E-state index < -0.39 is 5.41 Å². The number of Topliss-reactive ketones (excluding diaryl/α,β-unsaturated/α-hetero) is 1. The molecule has 0 amide bonds. The maximum absolute atomic E-state index is 13.7. The number of methoxy groups -OCH3 is 1. The SMILES string of the molecule is COc1cccc(CCNCC2(c3c(OCC(C)(C)C(=O)C4C5CCN4CC5)n[nH]c3-c3cc(C)cc(C)c3)CC2)c1. The summed E-state index contributed by atoms with van der Waals surface area (Å²) in [6, 6.07) is 15.0. The van der Waals surface area contributed by atoms with Crippen molar-refractivity contribution in [2.75, 3.05) is 39.9 Å². The van der Waals surface area contributed by atoms with E-state index in [-0.39, 0.29) is 11.5 Å². The minimum absolute atomic E-state index is 0.0475. The van der Waals surface area contributed by atoms with E-state index in [1.54, 1.807) is 7.11 Å². The molecular formula is C35H46N4O3. The number of hydrogen-bond donors (Lipinski definition) is 2. The summed E-state index contributed by atoms with van der Waals surface area (Å²) in [7, 11) is 1.71. The molecule has 3 fully saturated rings. The quantitative estimate of drug-likeness (QED) is 0.259. The summed E-state index contributed by atoms with van der Waals surface area (Å²) in [6.45, 7) is 12.5. The maximum atomic E-state index is 13.7. The van der Waals surface area contributed by atoms with Crippen LogP contribution < -0.4 is 14.8 Å². The Hall–Kier alpha value is -3.16. The Morgan fingerprint density at radius 3 is 2.50 bits per heavy atom. The summed E-state index contributed by atoms with van der Waals surface area (Å²) in [5.74, 6) is 2.36. The highest BCUT2D eigenvalue weighted by atomic mass is 16.5. The molecule has 0 radical (unpaired) electrons. The molecular weight excluding hydrogens is 524 g/mol. The van der Waals surface area contributed by atoms with Gasteiger partial charge in [0.1, 0.15) is 12.4 Å². The van der Waals surface area contributed by atoms with Crippen molar-refractivity contribution in [1.29, 1.82) is 0 Å². The van der Waals surface area contributed by atoms with Crippen molar-refractivity contribution in [3.8, 4) is 22.9 Å². The van der Waals surface area contributed by atoms with Crippen molar-refractivity contribution >= 4 is 5.78 Å². The number of nitrogens with one attached hydrogen (secondary N) is 2. The van der Waals surface area contributed by atoms with Crippen molar-refractivity contribution < 1.29 is 14.3 Å². The number of carbonyl (C=O) groups is 1. The number of rotatable bonds is 13. The Kier molecular flexibility index (Phi) is 7.92. The summed E-state index contributed by atoms with van der Waals surface area (Å²) in [5.41, 5.74) is 6.39. The molecule has 7 nitrogen and oxygen atoms in total. The lowest BCUT2D eigenvalue weighted by Crippen LogP contribution is -2.44. The Labute approximate surface area is 250 Å². The van der Waals surface area contributed by atoms with Crippen LogP contribution in [-0.2, 0) is 16.6 Å². The lowest BCUT2D eigenvalue weighted by Gasteiger charge is -2.29. The summed E-state index contributed by atoms with van der Waals surface area (Å²) in [4.78, 5) is 16.1. The number of benzene rings is 2. The zero-order valence-electron chi connectivity index (χ0n) is 25.9. The van der Waals surface area contributed by atoms with Crippen LogP contribution in [0.15, 0.2) is 42.5 Å². The first-order chi connectivity index (χ1) is 20.2. The van der Waals surface area contributed by atoms with Crippen LogP contribution in [0.1, 0.15) is 61.8 Å².